The molecule has 0 unspecified atom stereocenters. The summed E-state index contributed by atoms with van der Waals surface area (Å²) in [4.78, 5) is 12.2. The van der Waals surface area contributed by atoms with Gasteiger partial charge in [0.1, 0.15) is 11.5 Å². The molecule has 0 bridgehead atoms. The molecule has 0 atom stereocenters. The Balaban J connectivity index is 1.52. The third-order valence-corrected chi connectivity index (χ3v) is 5.09. The lowest BCUT2D eigenvalue weighted by Gasteiger charge is -2.11. The Morgan fingerprint density at radius 2 is 1.65 bits per heavy atom. The maximum atomic E-state index is 12.2. The Morgan fingerprint density at radius 3 is 2.45 bits per heavy atom. The smallest absolute Gasteiger partial charge is 0.240 e. The predicted molar refractivity (Wildman–Crippen MR) is 126 cm³/mol. The molecule has 4 aromatic rings. The zero-order chi connectivity index (χ0) is 21.5. The van der Waals surface area contributed by atoms with Gasteiger partial charge in [-0.05, 0) is 53.1 Å². The molecule has 1 amide bonds. The molecular formula is C26H21ClN2O2. The molecule has 0 radical (unpaired) electrons. The lowest BCUT2D eigenvalue weighted by atomic mass is 10.0. The highest BCUT2D eigenvalue weighted by atomic mass is 35.5. The van der Waals surface area contributed by atoms with Crippen LogP contribution in [0.5, 0.6) is 11.5 Å². The van der Waals surface area contributed by atoms with Gasteiger partial charge in [-0.2, -0.15) is 5.10 Å². The molecule has 4 rings (SSSR count). The maximum absolute atomic E-state index is 12.2. The van der Waals surface area contributed by atoms with E-state index in [1.165, 1.54) is 0 Å². The van der Waals surface area contributed by atoms with Crippen LogP contribution in [0.15, 0.2) is 96.1 Å². The molecule has 0 aliphatic carbocycles. The number of hydrogen-bond donors (Lipinski definition) is 1. The van der Waals surface area contributed by atoms with Gasteiger partial charge in [-0.1, -0.05) is 72.3 Å². The normalized spacial score (nSPS) is 11.0. The van der Waals surface area contributed by atoms with Crippen LogP contribution in [0.2, 0.25) is 5.02 Å². The topological polar surface area (TPSA) is 50.7 Å². The standard InChI is InChI=1S/C26H21ClN2O2/c27-21-12-14-22(15-13-21)31-25-16-11-20-8-4-5-9-23(20)24(25)18-28-29-26(30)17-10-19-6-2-1-3-7-19/h1-9,11-16,18H,10,17H2,(H,29,30)/b28-18-. The minimum atomic E-state index is -0.138. The largest absolute Gasteiger partial charge is 0.457 e. The molecular weight excluding hydrogens is 408 g/mol. The van der Waals surface area contributed by atoms with Gasteiger partial charge in [-0.15, -0.1) is 0 Å². The molecule has 0 saturated carbocycles. The highest BCUT2D eigenvalue weighted by Gasteiger charge is 2.09. The van der Waals surface area contributed by atoms with E-state index in [0.29, 0.717) is 29.4 Å². The lowest BCUT2D eigenvalue weighted by Crippen LogP contribution is -2.18. The second-order valence-electron chi connectivity index (χ2n) is 7.03. The third-order valence-electron chi connectivity index (χ3n) is 4.84. The number of hydrogen-bond acceptors (Lipinski definition) is 3. The van der Waals surface area contributed by atoms with E-state index in [1.807, 2.05) is 78.9 Å². The van der Waals surface area contributed by atoms with E-state index in [0.717, 1.165) is 21.9 Å². The van der Waals surface area contributed by atoms with Crippen molar-refractivity contribution in [2.45, 2.75) is 12.8 Å². The quantitative estimate of drug-likeness (QED) is 0.274. The fourth-order valence-corrected chi connectivity index (χ4v) is 3.38. The van der Waals surface area contributed by atoms with Crippen LogP contribution < -0.4 is 10.2 Å². The van der Waals surface area contributed by atoms with E-state index < -0.39 is 0 Å². The van der Waals surface area contributed by atoms with Crippen molar-refractivity contribution >= 4 is 34.5 Å². The van der Waals surface area contributed by atoms with Crippen LogP contribution in [-0.2, 0) is 11.2 Å². The van der Waals surface area contributed by atoms with Gasteiger partial charge in [0, 0.05) is 17.0 Å². The number of nitrogens with zero attached hydrogens (tertiary/aromatic N) is 1. The number of ether oxygens (including phenoxy) is 1. The molecule has 0 fully saturated rings. The number of amides is 1. The van der Waals surface area contributed by atoms with Crippen molar-refractivity contribution in [3.63, 3.8) is 0 Å². The molecule has 0 aromatic heterocycles. The molecule has 0 spiro atoms. The third kappa shape index (κ3) is 5.50. The number of rotatable bonds is 7. The van der Waals surface area contributed by atoms with E-state index in [-0.39, 0.29) is 5.91 Å². The fourth-order valence-electron chi connectivity index (χ4n) is 3.25. The highest BCUT2D eigenvalue weighted by Crippen LogP contribution is 2.31. The number of halogens is 1. The highest BCUT2D eigenvalue weighted by molar-refractivity contribution is 6.30. The first kappa shape index (κ1) is 20.6. The van der Waals surface area contributed by atoms with E-state index in [2.05, 4.69) is 10.5 Å². The number of aryl methyl sites for hydroxylation is 1. The summed E-state index contributed by atoms with van der Waals surface area (Å²) in [7, 11) is 0. The minimum Gasteiger partial charge on any atom is -0.457 e. The van der Waals surface area contributed by atoms with E-state index in [1.54, 1.807) is 18.3 Å². The second kappa shape index (κ2) is 9.92. The van der Waals surface area contributed by atoms with Gasteiger partial charge >= 0.3 is 0 Å². The average molecular weight is 429 g/mol. The molecule has 31 heavy (non-hydrogen) atoms. The summed E-state index contributed by atoms with van der Waals surface area (Å²) in [5.74, 6) is 1.17. The number of carbonyl (C=O) groups is 1. The summed E-state index contributed by atoms with van der Waals surface area (Å²) in [5.41, 5.74) is 4.53. The summed E-state index contributed by atoms with van der Waals surface area (Å²) >= 11 is 5.97. The Labute approximate surface area is 186 Å². The first-order valence-corrected chi connectivity index (χ1v) is 10.4. The van der Waals surface area contributed by atoms with Crippen molar-refractivity contribution in [2.75, 3.05) is 0 Å². The van der Waals surface area contributed by atoms with Crippen molar-refractivity contribution in [2.24, 2.45) is 5.10 Å². The van der Waals surface area contributed by atoms with Crippen LogP contribution in [0, 0.1) is 0 Å². The average Bonchev–Trinajstić information content (AvgIpc) is 2.81. The van der Waals surface area contributed by atoms with Gasteiger partial charge in [-0.25, -0.2) is 5.43 Å². The number of hydrazone groups is 1. The molecule has 4 nitrogen and oxygen atoms in total. The second-order valence-corrected chi connectivity index (χ2v) is 7.47. The van der Waals surface area contributed by atoms with Crippen LogP contribution in [0.3, 0.4) is 0 Å². The minimum absolute atomic E-state index is 0.138. The van der Waals surface area contributed by atoms with Crippen LogP contribution in [-0.4, -0.2) is 12.1 Å². The van der Waals surface area contributed by atoms with E-state index >= 15 is 0 Å². The van der Waals surface area contributed by atoms with Gasteiger partial charge in [0.25, 0.3) is 0 Å². The van der Waals surface area contributed by atoms with Crippen LogP contribution in [0.4, 0.5) is 0 Å². The van der Waals surface area contributed by atoms with Gasteiger partial charge in [-0.3, -0.25) is 4.79 Å². The predicted octanol–water partition coefficient (Wildman–Crippen LogP) is 6.37. The molecule has 0 aliphatic heterocycles. The molecule has 0 heterocycles. The Hall–Kier alpha value is -3.63. The SMILES string of the molecule is O=C(CCc1ccccc1)N/N=C\c1c(Oc2ccc(Cl)cc2)ccc2ccccc12. The summed E-state index contributed by atoms with van der Waals surface area (Å²) in [6.07, 6.45) is 2.67. The van der Waals surface area contributed by atoms with Crippen molar-refractivity contribution in [3.05, 3.63) is 107 Å². The Bertz CT molecular complexity index is 1210. The fraction of sp³-hybridized carbons (Fsp3) is 0.0769. The van der Waals surface area contributed by atoms with E-state index in [4.69, 9.17) is 16.3 Å². The first-order chi connectivity index (χ1) is 15.2. The maximum Gasteiger partial charge on any atom is 0.240 e. The molecule has 154 valence electrons. The molecule has 0 aliphatic rings. The van der Waals surface area contributed by atoms with Crippen molar-refractivity contribution in [3.8, 4) is 11.5 Å². The van der Waals surface area contributed by atoms with Gasteiger partial charge in [0.05, 0.1) is 6.21 Å². The zero-order valence-electron chi connectivity index (χ0n) is 16.8. The lowest BCUT2D eigenvalue weighted by molar-refractivity contribution is -0.121. The summed E-state index contributed by atoms with van der Waals surface area (Å²) in [6, 6.07) is 28.9. The van der Waals surface area contributed by atoms with Crippen LogP contribution in [0.25, 0.3) is 10.8 Å². The van der Waals surface area contributed by atoms with Gasteiger partial charge in [0.15, 0.2) is 0 Å². The molecule has 4 aromatic carbocycles. The van der Waals surface area contributed by atoms with Gasteiger partial charge < -0.3 is 4.74 Å². The number of carbonyl (C=O) groups excluding carboxylic acids is 1. The Morgan fingerprint density at radius 1 is 0.903 bits per heavy atom. The number of fused-ring (bicyclic) bond motifs is 1. The monoisotopic (exact) mass is 428 g/mol. The summed E-state index contributed by atoms with van der Waals surface area (Å²) < 4.78 is 6.07. The molecule has 1 N–H and O–H groups in total. The molecule has 5 heteroatoms. The summed E-state index contributed by atoms with van der Waals surface area (Å²) in [6.45, 7) is 0. The zero-order valence-corrected chi connectivity index (χ0v) is 17.5. The molecule has 0 saturated heterocycles. The first-order valence-electron chi connectivity index (χ1n) is 10.00. The van der Waals surface area contributed by atoms with E-state index in [9.17, 15) is 4.79 Å². The van der Waals surface area contributed by atoms with Crippen molar-refractivity contribution in [1.82, 2.24) is 5.43 Å². The summed E-state index contributed by atoms with van der Waals surface area (Å²) in [5, 5.41) is 6.88. The number of nitrogens with one attached hydrogen (secondary N) is 1. The van der Waals surface area contributed by atoms with Crippen molar-refractivity contribution in [1.29, 1.82) is 0 Å². The van der Waals surface area contributed by atoms with Crippen LogP contribution >= 0.6 is 11.6 Å². The Kier molecular flexibility index (Phi) is 6.60. The van der Waals surface area contributed by atoms with Gasteiger partial charge in [0.2, 0.25) is 5.91 Å². The van der Waals surface area contributed by atoms with Crippen molar-refractivity contribution < 1.29 is 9.53 Å². The van der Waals surface area contributed by atoms with Crippen LogP contribution in [0.1, 0.15) is 17.5 Å². The number of benzene rings is 4.